The normalized spacial score (nSPS) is 15.6. The van der Waals surface area contributed by atoms with Crippen LogP contribution in [0, 0.1) is 10.1 Å². The maximum Gasteiger partial charge on any atom is 0.278 e. The van der Waals surface area contributed by atoms with Crippen LogP contribution < -0.4 is 10.2 Å². The van der Waals surface area contributed by atoms with E-state index in [1.54, 1.807) is 24.4 Å². The van der Waals surface area contributed by atoms with Gasteiger partial charge in [-0.3, -0.25) is 24.8 Å². The minimum atomic E-state index is -0.384. The minimum absolute atomic E-state index is 0.0513. The van der Waals surface area contributed by atoms with Gasteiger partial charge in [0.15, 0.2) is 0 Å². The van der Waals surface area contributed by atoms with Gasteiger partial charge in [-0.05, 0) is 31.2 Å². The number of hydrogen-bond acceptors (Lipinski definition) is 6. The number of fused-ring (bicyclic) bond motifs is 1. The van der Waals surface area contributed by atoms with Gasteiger partial charge in [0.25, 0.3) is 5.69 Å². The Balaban J connectivity index is 1.45. The van der Waals surface area contributed by atoms with Crippen molar-refractivity contribution in [1.29, 1.82) is 0 Å². The molecule has 1 amide bonds. The molecule has 1 unspecified atom stereocenters. The highest BCUT2D eigenvalue weighted by molar-refractivity contribution is 6.33. The molecule has 1 aliphatic rings. The Kier molecular flexibility index (Phi) is 6.01. The van der Waals surface area contributed by atoms with Crippen molar-refractivity contribution in [2.45, 2.75) is 13.0 Å². The van der Waals surface area contributed by atoms with Crippen LogP contribution in [-0.2, 0) is 4.79 Å². The molecule has 1 N–H and O–H groups in total. The molecular weight excluding hydrogens is 418 g/mol. The number of nitro benzene ring substituents is 1. The number of nitrogens with one attached hydrogen (secondary N) is 1. The van der Waals surface area contributed by atoms with E-state index in [0.717, 1.165) is 11.1 Å². The molecule has 9 heteroatoms. The quantitative estimate of drug-likeness (QED) is 0.478. The van der Waals surface area contributed by atoms with Crippen molar-refractivity contribution in [3.8, 4) is 0 Å². The first-order valence-electron chi connectivity index (χ1n) is 10.0. The van der Waals surface area contributed by atoms with Gasteiger partial charge in [-0.2, -0.15) is 0 Å². The molecule has 1 aliphatic heterocycles. The monoisotopic (exact) mass is 439 g/mol. The number of pyridine rings is 1. The van der Waals surface area contributed by atoms with Gasteiger partial charge in [0.1, 0.15) is 0 Å². The van der Waals surface area contributed by atoms with Crippen LogP contribution in [0.5, 0.6) is 0 Å². The van der Waals surface area contributed by atoms with Gasteiger partial charge in [-0.25, -0.2) is 0 Å². The second-order valence-electron chi connectivity index (χ2n) is 7.45. The summed E-state index contributed by atoms with van der Waals surface area (Å²) in [6.07, 6.45) is 3.18. The summed E-state index contributed by atoms with van der Waals surface area (Å²) in [7, 11) is 0. The Morgan fingerprint density at radius 2 is 1.87 bits per heavy atom. The number of rotatable bonds is 5. The Hall–Kier alpha value is -3.23. The van der Waals surface area contributed by atoms with Crippen molar-refractivity contribution in [1.82, 2.24) is 9.88 Å². The third-order valence-electron chi connectivity index (χ3n) is 5.68. The first kappa shape index (κ1) is 21.0. The van der Waals surface area contributed by atoms with Gasteiger partial charge in [0, 0.05) is 55.7 Å². The predicted molar refractivity (Wildman–Crippen MR) is 122 cm³/mol. The summed E-state index contributed by atoms with van der Waals surface area (Å²) in [4.78, 5) is 32.0. The number of amides is 1. The zero-order valence-electron chi connectivity index (χ0n) is 17.0. The fourth-order valence-electron chi connectivity index (χ4n) is 3.91. The van der Waals surface area contributed by atoms with Gasteiger partial charge >= 0.3 is 0 Å². The third-order valence-corrected chi connectivity index (χ3v) is 6.01. The smallest absolute Gasteiger partial charge is 0.278 e. The van der Waals surface area contributed by atoms with Crippen LogP contribution in [-0.4, -0.2) is 52.9 Å². The molecule has 0 saturated carbocycles. The fourth-order valence-corrected chi connectivity index (χ4v) is 4.09. The van der Waals surface area contributed by atoms with E-state index in [1.807, 2.05) is 25.1 Å². The number of hydrogen-bond donors (Lipinski definition) is 1. The van der Waals surface area contributed by atoms with Gasteiger partial charge in [0.05, 0.1) is 27.1 Å². The van der Waals surface area contributed by atoms with Gasteiger partial charge < -0.3 is 10.2 Å². The molecule has 0 bridgehead atoms. The number of anilines is 2. The SMILES string of the molecule is CC(C(=O)Nc1ccccc1Cl)N1CCN(c2ccc([N+](=O)[O-])c3cnccc23)CC1. The zero-order valence-corrected chi connectivity index (χ0v) is 17.7. The summed E-state index contributed by atoms with van der Waals surface area (Å²) in [6, 6.07) is 12.0. The molecule has 2 aromatic carbocycles. The molecule has 0 aliphatic carbocycles. The van der Waals surface area contributed by atoms with Crippen LogP contribution in [0.2, 0.25) is 5.02 Å². The lowest BCUT2D eigenvalue weighted by atomic mass is 10.1. The highest BCUT2D eigenvalue weighted by Gasteiger charge is 2.27. The summed E-state index contributed by atoms with van der Waals surface area (Å²) in [5, 5.41) is 16.1. The molecule has 1 aromatic heterocycles. The lowest BCUT2D eigenvalue weighted by Crippen LogP contribution is -2.52. The number of non-ortho nitro benzene ring substituents is 1. The van der Waals surface area contributed by atoms with Crippen molar-refractivity contribution in [3.05, 3.63) is 70.0 Å². The lowest BCUT2D eigenvalue weighted by molar-refractivity contribution is -0.383. The average Bonchev–Trinajstić information content (AvgIpc) is 2.79. The Bertz CT molecular complexity index is 1130. The van der Waals surface area contributed by atoms with E-state index in [-0.39, 0.29) is 22.6 Å². The molecule has 4 rings (SSSR count). The van der Waals surface area contributed by atoms with Crippen LogP contribution in [0.3, 0.4) is 0 Å². The molecule has 8 nitrogen and oxygen atoms in total. The standard InChI is InChI=1S/C22H22ClN5O3/c1-15(22(29)25-19-5-3-2-4-18(19)23)26-10-12-27(13-11-26)20-6-7-21(28(30)31)17-14-24-9-8-16(17)20/h2-9,14-15H,10-13H2,1H3,(H,25,29). The van der Waals surface area contributed by atoms with Crippen molar-refractivity contribution in [2.24, 2.45) is 0 Å². The second-order valence-corrected chi connectivity index (χ2v) is 7.86. The van der Waals surface area contributed by atoms with Crippen molar-refractivity contribution in [3.63, 3.8) is 0 Å². The summed E-state index contributed by atoms with van der Waals surface area (Å²) in [5.41, 5.74) is 1.59. The number of aromatic nitrogens is 1. The first-order valence-corrected chi connectivity index (χ1v) is 10.4. The van der Waals surface area contributed by atoms with Crippen molar-refractivity contribution < 1.29 is 9.72 Å². The number of nitro groups is 1. The molecule has 1 fully saturated rings. The summed E-state index contributed by atoms with van der Waals surface area (Å²) in [5.74, 6) is -0.103. The maximum atomic E-state index is 12.7. The number of carbonyl (C=O) groups excluding carboxylic acids is 1. The van der Waals surface area contributed by atoms with E-state index in [1.165, 1.54) is 12.3 Å². The maximum absolute atomic E-state index is 12.7. The van der Waals surface area contributed by atoms with Crippen LogP contribution in [0.25, 0.3) is 10.8 Å². The van der Waals surface area contributed by atoms with Gasteiger partial charge in [0.2, 0.25) is 5.91 Å². The highest BCUT2D eigenvalue weighted by atomic mass is 35.5. The Labute approximate surface area is 184 Å². The largest absolute Gasteiger partial charge is 0.368 e. The Morgan fingerprint density at radius 1 is 1.13 bits per heavy atom. The van der Waals surface area contributed by atoms with Gasteiger partial charge in [-0.15, -0.1) is 0 Å². The number of piperazine rings is 1. The average molecular weight is 440 g/mol. The van der Waals surface area contributed by atoms with Crippen LogP contribution in [0.1, 0.15) is 6.92 Å². The van der Waals surface area contributed by atoms with E-state index in [2.05, 4.69) is 20.1 Å². The van der Waals surface area contributed by atoms with E-state index < -0.39 is 0 Å². The van der Waals surface area contributed by atoms with E-state index >= 15 is 0 Å². The van der Waals surface area contributed by atoms with Crippen LogP contribution >= 0.6 is 11.6 Å². The lowest BCUT2D eigenvalue weighted by Gasteiger charge is -2.38. The molecule has 3 aromatic rings. The molecule has 1 atom stereocenters. The Morgan fingerprint density at radius 3 is 2.58 bits per heavy atom. The number of carbonyl (C=O) groups is 1. The summed E-state index contributed by atoms with van der Waals surface area (Å²) in [6.45, 7) is 4.69. The first-order chi connectivity index (χ1) is 15.0. The van der Waals surface area contributed by atoms with E-state index in [9.17, 15) is 14.9 Å². The molecule has 0 radical (unpaired) electrons. The predicted octanol–water partition coefficient (Wildman–Crippen LogP) is 3.95. The molecule has 160 valence electrons. The number of benzene rings is 2. The topological polar surface area (TPSA) is 91.6 Å². The highest BCUT2D eigenvalue weighted by Crippen LogP contribution is 2.33. The van der Waals surface area contributed by atoms with Crippen molar-refractivity contribution >= 4 is 45.3 Å². The second kappa shape index (κ2) is 8.87. The zero-order chi connectivity index (χ0) is 22.0. The fraction of sp³-hybridized carbons (Fsp3) is 0.273. The molecule has 0 spiro atoms. The number of para-hydroxylation sites is 1. The molecule has 1 saturated heterocycles. The number of nitrogens with zero attached hydrogens (tertiary/aromatic N) is 4. The van der Waals surface area contributed by atoms with Crippen LogP contribution in [0.15, 0.2) is 54.9 Å². The van der Waals surface area contributed by atoms with E-state index in [0.29, 0.717) is 42.3 Å². The molecule has 2 heterocycles. The summed E-state index contributed by atoms with van der Waals surface area (Å²) >= 11 is 6.14. The number of halogens is 1. The third kappa shape index (κ3) is 4.30. The summed E-state index contributed by atoms with van der Waals surface area (Å²) < 4.78 is 0. The molecule has 31 heavy (non-hydrogen) atoms. The minimum Gasteiger partial charge on any atom is -0.368 e. The molecular formula is C22H22ClN5O3. The van der Waals surface area contributed by atoms with Gasteiger partial charge in [-0.1, -0.05) is 23.7 Å². The van der Waals surface area contributed by atoms with Crippen LogP contribution in [0.4, 0.5) is 17.1 Å². The van der Waals surface area contributed by atoms with E-state index in [4.69, 9.17) is 11.6 Å². The van der Waals surface area contributed by atoms with Crippen molar-refractivity contribution in [2.75, 3.05) is 36.4 Å².